The molecule has 0 radical (unpaired) electrons. The highest BCUT2D eigenvalue weighted by molar-refractivity contribution is 7.97. The third kappa shape index (κ3) is 3.26. The van der Waals surface area contributed by atoms with Crippen LogP contribution < -0.4 is 10.5 Å². The fraction of sp³-hybridized carbons (Fsp3) is 0.538. The van der Waals surface area contributed by atoms with Gasteiger partial charge < -0.3 is 9.42 Å². The molecular formula is C13H17N5O2S. The third-order valence-corrected chi connectivity index (χ3v) is 3.94. The van der Waals surface area contributed by atoms with E-state index in [9.17, 15) is 4.79 Å². The summed E-state index contributed by atoms with van der Waals surface area (Å²) in [7, 11) is 0. The molecule has 1 fully saturated rings. The molecule has 1 saturated heterocycles. The van der Waals surface area contributed by atoms with E-state index < -0.39 is 0 Å². The molecule has 1 aliphatic heterocycles. The lowest BCUT2D eigenvalue weighted by Gasteiger charge is -2.16. The Morgan fingerprint density at radius 1 is 1.38 bits per heavy atom. The fourth-order valence-electron chi connectivity index (χ4n) is 2.36. The Kier molecular flexibility index (Phi) is 4.23. The second-order valence-corrected chi connectivity index (χ2v) is 5.81. The monoisotopic (exact) mass is 307 g/mol. The van der Waals surface area contributed by atoms with Crippen molar-refractivity contribution in [2.24, 2.45) is 0 Å². The number of aromatic nitrogens is 4. The van der Waals surface area contributed by atoms with E-state index >= 15 is 0 Å². The van der Waals surface area contributed by atoms with Crippen LogP contribution in [0, 0.1) is 0 Å². The Hall–Kier alpha value is -1.83. The molecule has 2 aromatic rings. The van der Waals surface area contributed by atoms with Gasteiger partial charge in [0, 0.05) is 19.2 Å². The summed E-state index contributed by atoms with van der Waals surface area (Å²) in [5, 5.41) is 8.06. The number of hydrogen-bond acceptors (Lipinski definition) is 7. The molecule has 112 valence electrons. The summed E-state index contributed by atoms with van der Waals surface area (Å²) in [5.41, 5.74) is 0.742. The van der Waals surface area contributed by atoms with Crippen LogP contribution in [-0.2, 0) is 12.3 Å². The van der Waals surface area contributed by atoms with Gasteiger partial charge in [-0.15, -0.1) is 0 Å². The lowest BCUT2D eigenvalue weighted by molar-refractivity contribution is 0.359. The zero-order valence-corrected chi connectivity index (χ0v) is 12.7. The first-order valence-electron chi connectivity index (χ1n) is 6.89. The molecule has 0 amide bonds. The van der Waals surface area contributed by atoms with Crippen molar-refractivity contribution < 1.29 is 4.52 Å². The zero-order chi connectivity index (χ0) is 14.7. The second kappa shape index (κ2) is 6.30. The van der Waals surface area contributed by atoms with Crippen molar-refractivity contribution in [2.75, 3.05) is 24.2 Å². The van der Waals surface area contributed by atoms with Gasteiger partial charge in [-0.25, -0.2) is 4.68 Å². The highest BCUT2D eigenvalue weighted by Crippen LogP contribution is 2.16. The molecule has 0 atom stereocenters. The molecular weight excluding hydrogens is 290 g/mol. The highest BCUT2D eigenvalue weighted by atomic mass is 32.2. The Morgan fingerprint density at radius 2 is 2.19 bits per heavy atom. The first-order chi connectivity index (χ1) is 10.3. The fourth-order valence-corrected chi connectivity index (χ4v) is 2.74. The van der Waals surface area contributed by atoms with Crippen molar-refractivity contribution in [1.82, 2.24) is 19.9 Å². The normalized spacial score (nSPS) is 14.8. The predicted molar refractivity (Wildman–Crippen MR) is 80.6 cm³/mol. The maximum absolute atomic E-state index is 12.1. The molecule has 1 aliphatic rings. The minimum Gasteiger partial charge on any atom is -0.370 e. The molecule has 3 heterocycles. The van der Waals surface area contributed by atoms with Crippen LogP contribution in [0.2, 0.25) is 0 Å². The van der Waals surface area contributed by atoms with E-state index in [1.165, 1.54) is 17.5 Å². The first kappa shape index (κ1) is 14.1. The van der Waals surface area contributed by atoms with Gasteiger partial charge in [0.2, 0.25) is 5.89 Å². The Bertz CT molecular complexity index is 663. The van der Waals surface area contributed by atoms with Crippen LogP contribution in [0.5, 0.6) is 0 Å². The van der Waals surface area contributed by atoms with Gasteiger partial charge in [-0.05, 0) is 19.1 Å². The molecule has 0 unspecified atom stereocenters. The van der Waals surface area contributed by atoms with Crippen LogP contribution in [0.25, 0.3) is 0 Å². The third-order valence-electron chi connectivity index (χ3n) is 3.39. The van der Waals surface area contributed by atoms with Crippen molar-refractivity contribution in [3.8, 4) is 0 Å². The van der Waals surface area contributed by atoms with Gasteiger partial charge in [0.25, 0.3) is 5.56 Å². The molecule has 7 nitrogen and oxygen atoms in total. The SMILES string of the molecule is CSCc1noc(Cn2ncc(N3CCCC3)cc2=O)n1. The van der Waals surface area contributed by atoms with E-state index in [0.717, 1.165) is 18.8 Å². The maximum atomic E-state index is 12.1. The largest absolute Gasteiger partial charge is 0.370 e. The molecule has 8 heteroatoms. The van der Waals surface area contributed by atoms with Gasteiger partial charge in [0.15, 0.2) is 5.82 Å². The highest BCUT2D eigenvalue weighted by Gasteiger charge is 2.14. The lowest BCUT2D eigenvalue weighted by Crippen LogP contribution is -2.26. The van der Waals surface area contributed by atoms with Crippen LogP contribution in [0.15, 0.2) is 21.6 Å². The summed E-state index contributed by atoms with van der Waals surface area (Å²) in [6.07, 6.45) is 6.04. The van der Waals surface area contributed by atoms with E-state index in [4.69, 9.17) is 4.52 Å². The Morgan fingerprint density at radius 3 is 2.90 bits per heavy atom. The summed E-state index contributed by atoms with van der Waals surface area (Å²) in [6, 6.07) is 1.62. The molecule has 21 heavy (non-hydrogen) atoms. The maximum Gasteiger partial charge on any atom is 0.269 e. The summed E-state index contributed by atoms with van der Waals surface area (Å²) in [5.74, 6) is 1.74. The zero-order valence-electron chi connectivity index (χ0n) is 11.9. The van der Waals surface area contributed by atoms with E-state index in [1.54, 1.807) is 24.0 Å². The van der Waals surface area contributed by atoms with Crippen molar-refractivity contribution >= 4 is 17.4 Å². The number of rotatable bonds is 5. The predicted octanol–water partition coefficient (Wildman–Crippen LogP) is 1.14. The number of thioether (sulfide) groups is 1. The van der Waals surface area contributed by atoms with E-state index in [0.29, 0.717) is 17.5 Å². The topological polar surface area (TPSA) is 77.0 Å². The van der Waals surface area contributed by atoms with E-state index in [2.05, 4.69) is 20.1 Å². The smallest absolute Gasteiger partial charge is 0.269 e. The molecule has 0 N–H and O–H groups in total. The quantitative estimate of drug-likeness (QED) is 0.819. The minimum atomic E-state index is -0.149. The van der Waals surface area contributed by atoms with Gasteiger partial charge in [-0.2, -0.15) is 21.8 Å². The first-order valence-corrected chi connectivity index (χ1v) is 8.28. The molecule has 0 aromatic carbocycles. The van der Waals surface area contributed by atoms with Crippen molar-refractivity contribution in [2.45, 2.75) is 25.1 Å². The van der Waals surface area contributed by atoms with Gasteiger partial charge >= 0.3 is 0 Å². The molecule has 3 rings (SSSR count). The standard InChI is InChI=1S/C13H17N5O2S/c1-21-9-11-15-12(20-16-11)8-18-13(19)6-10(7-14-18)17-4-2-3-5-17/h6-7H,2-5,8-9H2,1H3. The van der Waals surface area contributed by atoms with Gasteiger partial charge in [0.05, 0.1) is 17.6 Å². The van der Waals surface area contributed by atoms with Crippen LogP contribution in [-0.4, -0.2) is 39.3 Å². The number of hydrogen-bond donors (Lipinski definition) is 0. The van der Waals surface area contributed by atoms with Gasteiger partial charge in [-0.1, -0.05) is 5.16 Å². The molecule has 0 bridgehead atoms. The molecule has 0 aliphatic carbocycles. The van der Waals surface area contributed by atoms with Crippen molar-refractivity contribution in [3.63, 3.8) is 0 Å². The number of anilines is 1. The van der Waals surface area contributed by atoms with Crippen molar-refractivity contribution in [1.29, 1.82) is 0 Å². The van der Waals surface area contributed by atoms with Gasteiger partial charge in [0.1, 0.15) is 6.54 Å². The summed E-state index contributed by atoms with van der Waals surface area (Å²) >= 11 is 1.62. The van der Waals surface area contributed by atoms with Crippen LogP contribution in [0.1, 0.15) is 24.6 Å². The average Bonchev–Trinajstić information content (AvgIpc) is 3.13. The van der Waals surface area contributed by atoms with Crippen molar-refractivity contribution in [3.05, 3.63) is 34.3 Å². The van der Waals surface area contributed by atoms with Crippen LogP contribution in [0.4, 0.5) is 5.69 Å². The van der Waals surface area contributed by atoms with Crippen LogP contribution in [0.3, 0.4) is 0 Å². The summed E-state index contributed by atoms with van der Waals surface area (Å²) < 4.78 is 6.46. The van der Waals surface area contributed by atoms with Crippen LogP contribution >= 0.6 is 11.8 Å². The van der Waals surface area contributed by atoms with E-state index in [1.807, 2.05) is 6.26 Å². The van der Waals surface area contributed by atoms with Gasteiger partial charge in [-0.3, -0.25) is 4.79 Å². The summed E-state index contributed by atoms with van der Waals surface area (Å²) in [6.45, 7) is 2.19. The average molecular weight is 307 g/mol. The van der Waals surface area contributed by atoms with E-state index in [-0.39, 0.29) is 12.1 Å². The number of nitrogens with zero attached hydrogens (tertiary/aromatic N) is 5. The Labute approximate surface area is 126 Å². The second-order valence-electron chi connectivity index (χ2n) is 4.94. The molecule has 2 aromatic heterocycles. The molecule has 0 spiro atoms. The summed E-state index contributed by atoms with van der Waals surface area (Å²) in [4.78, 5) is 18.5. The molecule has 0 saturated carbocycles. The minimum absolute atomic E-state index is 0.149. The Balaban J connectivity index is 1.74. The lowest BCUT2D eigenvalue weighted by atomic mass is 10.4.